The number of likely N-dealkylation sites (tertiary alicyclic amines) is 1. The van der Waals surface area contributed by atoms with Crippen LogP contribution < -0.4 is 10.6 Å². The molecule has 2 aromatic carbocycles. The predicted molar refractivity (Wildman–Crippen MR) is 141 cm³/mol. The Hall–Kier alpha value is -3.59. The van der Waals surface area contributed by atoms with Crippen LogP contribution in [0.5, 0.6) is 0 Å². The Kier molecular flexibility index (Phi) is 7.73. The van der Waals surface area contributed by atoms with Gasteiger partial charge in [-0.1, -0.05) is 41.9 Å². The zero-order valence-electron chi connectivity index (χ0n) is 21.4. The van der Waals surface area contributed by atoms with Crippen LogP contribution in [0.4, 0.5) is 4.79 Å². The maximum Gasteiger partial charge on any atom is 0.410 e. The largest absolute Gasteiger partial charge is 0.444 e. The minimum absolute atomic E-state index is 0.0182. The fraction of sp³-hybridized carbons (Fsp3) is 0.407. The summed E-state index contributed by atoms with van der Waals surface area (Å²) >= 11 is 6.27. The maximum absolute atomic E-state index is 13.3. The molecular weight excluding hydrogens is 494 g/mol. The monoisotopic (exact) mass is 525 g/mol. The van der Waals surface area contributed by atoms with Gasteiger partial charge in [0.1, 0.15) is 17.7 Å². The number of halogens is 1. The topological polar surface area (TPSA) is 116 Å². The van der Waals surface area contributed by atoms with Crippen LogP contribution in [0.1, 0.15) is 51.2 Å². The number of hydrogen-bond acceptors (Lipinski definition) is 5. The molecule has 37 heavy (non-hydrogen) atoms. The summed E-state index contributed by atoms with van der Waals surface area (Å²) in [6.07, 6.45) is 1.45. The van der Waals surface area contributed by atoms with Gasteiger partial charge in [-0.25, -0.2) is 9.78 Å². The third kappa shape index (κ3) is 6.40. The van der Waals surface area contributed by atoms with Gasteiger partial charge in [-0.05, 0) is 57.4 Å². The van der Waals surface area contributed by atoms with E-state index >= 15 is 0 Å². The first kappa shape index (κ1) is 26.5. The van der Waals surface area contributed by atoms with Crippen LogP contribution in [-0.4, -0.2) is 57.0 Å². The lowest BCUT2D eigenvalue weighted by molar-refractivity contribution is -0.131. The van der Waals surface area contributed by atoms with Gasteiger partial charge in [-0.2, -0.15) is 0 Å². The van der Waals surface area contributed by atoms with Gasteiger partial charge in [0.25, 0.3) is 0 Å². The molecular formula is C27H32ClN5O4. The van der Waals surface area contributed by atoms with Gasteiger partial charge >= 0.3 is 6.09 Å². The van der Waals surface area contributed by atoms with Crippen molar-refractivity contribution in [3.63, 3.8) is 0 Å². The normalized spacial score (nSPS) is 18.5. The number of aromatic amines is 1. The molecule has 1 saturated heterocycles. The second-order valence-electron chi connectivity index (χ2n) is 10.3. The molecule has 1 aromatic heterocycles. The zero-order chi connectivity index (χ0) is 26.7. The molecule has 2 heterocycles. The van der Waals surface area contributed by atoms with E-state index in [1.807, 2.05) is 36.4 Å². The van der Waals surface area contributed by atoms with Crippen molar-refractivity contribution >= 4 is 40.5 Å². The molecule has 4 rings (SSSR count). The molecule has 0 aliphatic carbocycles. The molecule has 3 atom stereocenters. The van der Waals surface area contributed by atoms with E-state index in [1.165, 1.54) is 4.90 Å². The number of hydrogen-bond donors (Lipinski definition) is 3. The Labute approximate surface area is 220 Å². The van der Waals surface area contributed by atoms with Gasteiger partial charge in [0.15, 0.2) is 0 Å². The summed E-state index contributed by atoms with van der Waals surface area (Å²) < 4.78 is 5.57. The van der Waals surface area contributed by atoms with Gasteiger partial charge in [0.2, 0.25) is 11.8 Å². The summed E-state index contributed by atoms with van der Waals surface area (Å²) in [6.45, 7) is 7.55. The summed E-state index contributed by atoms with van der Waals surface area (Å²) in [5.74, 6) is -0.767. The van der Waals surface area contributed by atoms with Gasteiger partial charge in [-0.15, -0.1) is 0 Å². The molecule has 9 nitrogen and oxygen atoms in total. The van der Waals surface area contributed by atoms with Crippen molar-refractivity contribution < 1.29 is 19.1 Å². The molecule has 3 aromatic rings. The van der Waals surface area contributed by atoms with E-state index in [0.717, 1.165) is 16.6 Å². The molecule has 196 valence electrons. The second-order valence-corrected chi connectivity index (χ2v) is 10.7. The Morgan fingerprint density at radius 2 is 1.95 bits per heavy atom. The molecule has 3 amide bonds. The number of imidazole rings is 1. The Morgan fingerprint density at radius 3 is 2.65 bits per heavy atom. The van der Waals surface area contributed by atoms with Crippen molar-refractivity contribution in [3.8, 4) is 0 Å². The third-order valence-corrected chi connectivity index (χ3v) is 6.56. The predicted octanol–water partition coefficient (Wildman–Crippen LogP) is 4.13. The number of carbonyl (C=O) groups excluding carboxylic acids is 3. The lowest BCUT2D eigenvalue weighted by atomic mass is 9.96. The highest BCUT2D eigenvalue weighted by molar-refractivity contribution is 6.35. The van der Waals surface area contributed by atoms with Gasteiger partial charge in [0, 0.05) is 19.0 Å². The quantitative estimate of drug-likeness (QED) is 0.447. The summed E-state index contributed by atoms with van der Waals surface area (Å²) in [6, 6.07) is 11.8. The van der Waals surface area contributed by atoms with Gasteiger partial charge in [0.05, 0.1) is 22.4 Å². The summed E-state index contributed by atoms with van der Waals surface area (Å²) in [4.78, 5) is 47.6. The molecule has 10 heteroatoms. The summed E-state index contributed by atoms with van der Waals surface area (Å²) in [5.41, 5.74) is 2.57. The summed E-state index contributed by atoms with van der Waals surface area (Å²) in [5, 5.41) is 6.10. The smallest absolute Gasteiger partial charge is 0.410 e. The fourth-order valence-corrected chi connectivity index (χ4v) is 4.74. The molecule has 1 aliphatic heterocycles. The van der Waals surface area contributed by atoms with E-state index in [4.69, 9.17) is 16.3 Å². The van der Waals surface area contributed by atoms with Crippen LogP contribution in [0.3, 0.4) is 0 Å². The van der Waals surface area contributed by atoms with Crippen molar-refractivity contribution in [2.24, 2.45) is 0 Å². The number of benzene rings is 2. The number of H-pyrrole nitrogens is 1. The standard InChI is InChI=1S/C27H32ClN5O4/c1-16(24(34)29-13-17-10-20(28)23-21(11-17)30-15-31-23)32-25(35)22-12-19(18-8-6-5-7-9-18)14-33(22)26(36)37-27(2,3)4/h5-11,15-16,19,22H,12-14H2,1-4H3,(H,29,34)(H,30,31)(H,32,35)/t16-,19-,22+/m0/s1. The first-order chi connectivity index (χ1) is 17.5. The van der Waals surface area contributed by atoms with Crippen LogP contribution in [0, 0.1) is 0 Å². The molecule has 1 aliphatic rings. The van der Waals surface area contributed by atoms with Crippen molar-refractivity contribution in [1.29, 1.82) is 0 Å². The van der Waals surface area contributed by atoms with Crippen LogP contribution in [0.15, 0.2) is 48.8 Å². The molecule has 0 saturated carbocycles. The highest BCUT2D eigenvalue weighted by Crippen LogP contribution is 2.33. The van der Waals surface area contributed by atoms with E-state index in [0.29, 0.717) is 23.5 Å². The summed E-state index contributed by atoms with van der Waals surface area (Å²) in [7, 11) is 0. The lowest BCUT2D eigenvalue weighted by Crippen LogP contribution is -2.52. The van der Waals surface area contributed by atoms with Gasteiger partial charge < -0.3 is 20.4 Å². The first-order valence-corrected chi connectivity index (χ1v) is 12.6. The van der Waals surface area contributed by atoms with Crippen LogP contribution in [0.25, 0.3) is 11.0 Å². The van der Waals surface area contributed by atoms with E-state index < -0.39 is 29.7 Å². The second kappa shape index (κ2) is 10.8. The molecule has 0 bridgehead atoms. The molecule has 0 unspecified atom stereocenters. The average molecular weight is 526 g/mol. The van der Waals surface area contributed by atoms with Crippen molar-refractivity contribution in [2.45, 2.75) is 64.3 Å². The number of rotatable bonds is 6. The SMILES string of the molecule is C[C@H](NC(=O)[C@H]1C[C@H](c2ccccc2)CN1C(=O)OC(C)(C)C)C(=O)NCc1cc(Cl)c2[nH]cnc2c1. The van der Waals surface area contributed by atoms with Crippen LogP contribution in [0.2, 0.25) is 5.02 Å². The van der Waals surface area contributed by atoms with Crippen LogP contribution in [-0.2, 0) is 20.9 Å². The number of nitrogens with one attached hydrogen (secondary N) is 3. The van der Waals surface area contributed by atoms with Crippen molar-refractivity contribution in [1.82, 2.24) is 25.5 Å². The molecule has 0 radical (unpaired) electrons. The highest BCUT2D eigenvalue weighted by Gasteiger charge is 2.42. The number of fused-ring (bicyclic) bond motifs is 1. The van der Waals surface area contributed by atoms with E-state index in [9.17, 15) is 14.4 Å². The lowest BCUT2D eigenvalue weighted by Gasteiger charge is -2.28. The Bertz CT molecular complexity index is 1290. The van der Waals surface area contributed by atoms with E-state index in [2.05, 4.69) is 20.6 Å². The van der Waals surface area contributed by atoms with E-state index in [1.54, 1.807) is 40.1 Å². The molecule has 3 N–H and O–H groups in total. The fourth-order valence-electron chi connectivity index (χ4n) is 4.45. The molecule has 0 spiro atoms. The minimum atomic E-state index is -0.812. The molecule has 1 fully saturated rings. The van der Waals surface area contributed by atoms with E-state index in [-0.39, 0.29) is 18.4 Å². The maximum atomic E-state index is 13.3. The van der Waals surface area contributed by atoms with Crippen LogP contribution >= 0.6 is 11.6 Å². The Balaban J connectivity index is 1.40. The van der Waals surface area contributed by atoms with Crippen molar-refractivity contribution in [2.75, 3.05) is 6.54 Å². The first-order valence-electron chi connectivity index (χ1n) is 12.3. The number of ether oxygens (including phenoxy) is 1. The average Bonchev–Trinajstić information content (AvgIpc) is 3.50. The van der Waals surface area contributed by atoms with Gasteiger partial charge in [-0.3, -0.25) is 14.5 Å². The highest BCUT2D eigenvalue weighted by atomic mass is 35.5. The Morgan fingerprint density at radius 1 is 1.22 bits per heavy atom. The number of carbonyl (C=O) groups is 3. The van der Waals surface area contributed by atoms with Crippen molar-refractivity contribution in [3.05, 3.63) is 64.9 Å². The zero-order valence-corrected chi connectivity index (χ0v) is 22.1. The number of nitrogens with zero attached hydrogens (tertiary/aromatic N) is 2. The number of aromatic nitrogens is 2. The third-order valence-electron chi connectivity index (χ3n) is 6.26. The minimum Gasteiger partial charge on any atom is -0.444 e. The number of amides is 3.